The number of nitrogens with one attached hydrogen (secondary N) is 2. The molecule has 0 aliphatic heterocycles. The van der Waals surface area contributed by atoms with E-state index >= 15 is 0 Å². The summed E-state index contributed by atoms with van der Waals surface area (Å²) in [6.07, 6.45) is 33.7. The number of nitrogens with two attached hydrogens (primary N) is 1. The summed E-state index contributed by atoms with van der Waals surface area (Å²) >= 11 is 0. The molecule has 8 atom stereocenters. The molecule has 60 heavy (non-hydrogen) atoms. The van der Waals surface area contributed by atoms with Gasteiger partial charge in [-0.3, -0.25) is 9.59 Å². The number of carbonyl (C=O) groups excluding carboxylic acids is 3. The maximum absolute atomic E-state index is 13.3. The minimum atomic E-state index is -0.329. The Balaban J connectivity index is 1.15. The number of carbonyl (C=O) groups is 3. The molecule has 4 aliphatic rings. The molecule has 0 aromatic heterocycles. The Kier molecular flexibility index (Phi) is 22.3. The summed E-state index contributed by atoms with van der Waals surface area (Å²) in [5, 5.41) is 5.90. The predicted molar refractivity (Wildman–Crippen MR) is 250 cm³/mol. The van der Waals surface area contributed by atoms with E-state index in [0.29, 0.717) is 38.0 Å². The molecule has 0 saturated heterocycles. The Hall–Kier alpha value is -2.09. The Morgan fingerprint density at radius 2 is 1.47 bits per heavy atom. The molecule has 0 unspecified atom stereocenters. The summed E-state index contributed by atoms with van der Waals surface area (Å²) in [6, 6.07) is 0. The molecule has 4 N–H and O–H groups in total. The molecule has 3 amide bonds. The summed E-state index contributed by atoms with van der Waals surface area (Å²) in [6.45, 7) is 16.9. The molecular weight excluding hydrogens is 745 g/mol. The molecule has 0 heterocycles. The average molecular weight is 839 g/mol. The Labute approximate surface area is 368 Å². The van der Waals surface area contributed by atoms with E-state index in [2.05, 4.69) is 58.3 Å². The van der Waals surface area contributed by atoms with Crippen molar-refractivity contribution >= 4 is 17.9 Å². The minimum Gasteiger partial charge on any atom is -0.446 e. The molecule has 346 valence electrons. The Bertz CT molecular complexity index is 1300. The van der Waals surface area contributed by atoms with Gasteiger partial charge in [0, 0.05) is 32.5 Å². The van der Waals surface area contributed by atoms with Crippen molar-refractivity contribution < 1.29 is 19.1 Å². The summed E-state index contributed by atoms with van der Waals surface area (Å²) < 4.78 is 6.05. The third kappa shape index (κ3) is 15.3. The van der Waals surface area contributed by atoms with Gasteiger partial charge in [-0.2, -0.15) is 0 Å². The van der Waals surface area contributed by atoms with Crippen molar-refractivity contribution in [2.45, 2.75) is 221 Å². The number of fused-ring (bicyclic) bond motifs is 5. The second-order valence-corrected chi connectivity index (χ2v) is 21.1. The van der Waals surface area contributed by atoms with Crippen molar-refractivity contribution in [3.8, 4) is 0 Å². The number of amides is 3. The molecule has 3 fully saturated rings. The third-order valence-corrected chi connectivity index (χ3v) is 16.3. The van der Waals surface area contributed by atoms with Crippen molar-refractivity contribution in [1.29, 1.82) is 0 Å². The fraction of sp³-hybridized carbons (Fsp3) is 0.904. The highest BCUT2D eigenvalue weighted by Crippen LogP contribution is 2.67. The van der Waals surface area contributed by atoms with Crippen LogP contribution in [0.4, 0.5) is 4.79 Å². The monoisotopic (exact) mass is 839 g/mol. The van der Waals surface area contributed by atoms with Crippen LogP contribution in [0, 0.1) is 46.3 Å². The first kappa shape index (κ1) is 50.6. The third-order valence-electron chi connectivity index (χ3n) is 16.3. The average Bonchev–Trinajstić information content (AvgIpc) is 3.58. The first-order chi connectivity index (χ1) is 28.9. The van der Waals surface area contributed by atoms with Crippen molar-refractivity contribution in [2.75, 3.05) is 32.7 Å². The molecule has 8 nitrogen and oxygen atoms in total. The van der Waals surface area contributed by atoms with Gasteiger partial charge < -0.3 is 26.0 Å². The van der Waals surface area contributed by atoms with E-state index in [4.69, 9.17) is 10.5 Å². The second-order valence-electron chi connectivity index (χ2n) is 21.1. The van der Waals surface area contributed by atoms with Gasteiger partial charge in [0.25, 0.3) is 0 Å². The second kappa shape index (κ2) is 26.5. The lowest BCUT2D eigenvalue weighted by Gasteiger charge is -2.58. The highest BCUT2D eigenvalue weighted by molar-refractivity contribution is 5.84. The number of rotatable bonds is 29. The molecule has 0 aromatic rings. The van der Waals surface area contributed by atoms with Crippen molar-refractivity contribution in [2.24, 2.45) is 52.1 Å². The van der Waals surface area contributed by atoms with E-state index in [0.717, 1.165) is 86.9 Å². The number of hydrogen-bond acceptors (Lipinski definition) is 5. The molecule has 0 spiro atoms. The van der Waals surface area contributed by atoms with Crippen LogP contribution in [0.25, 0.3) is 0 Å². The number of nitrogens with zero attached hydrogens (tertiary/aromatic N) is 1. The molecule has 3 saturated carbocycles. The number of ether oxygens (including phenoxy) is 1. The van der Waals surface area contributed by atoms with Gasteiger partial charge in [-0.05, 0) is 124 Å². The van der Waals surface area contributed by atoms with Crippen LogP contribution in [-0.4, -0.2) is 61.6 Å². The number of allylic oxidation sites excluding steroid dienone is 1. The van der Waals surface area contributed by atoms with E-state index < -0.39 is 0 Å². The lowest BCUT2D eigenvalue weighted by Crippen LogP contribution is -2.51. The topological polar surface area (TPSA) is 114 Å². The maximum atomic E-state index is 13.3. The summed E-state index contributed by atoms with van der Waals surface area (Å²) in [5.74, 6) is 4.85. The molecule has 0 radical (unpaired) electrons. The van der Waals surface area contributed by atoms with Gasteiger partial charge in [-0.15, -0.1) is 0 Å². The highest BCUT2D eigenvalue weighted by Gasteiger charge is 2.59. The van der Waals surface area contributed by atoms with E-state index in [9.17, 15) is 14.4 Å². The molecular formula is C52H94N4O4. The van der Waals surface area contributed by atoms with Crippen molar-refractivity contribution in [3.63, 3.8) is 0 Å². The van der Waals surface area contributed by atoms with Gasteiger partial charge in [0.05, 0.1) is 6.54 Å². The first-order valence-electron chi connectivity index (χ1n) is 25.8. The fourth-order valence-electron chi connectivity index (χ4n) is 12.7. The number of unbranched alkanes of at least 4 members (excludes halogenated alkanes) is 12. The van der Waals surface area contributed by atoms with Gasteiger partial charge in [0.1, 0.15) is 6.10 Å². The zero-order valence-electron chi connectivity index (χ0n) is 39.9. The van der Waals surface area contributed by atoms with Crippen LogP contribution in [0.5, 0.6) is 0 Å². The van der Waals surface area contributed by atoms with Crippen LogP contribution in [0.1, 0.15) is 215 Å². The van der Waals surface area contributed by atoms with Crippen LogP contribution in [0.2, 0.25) is 0 Å². The highest BCUT2D eigenvalue weighted by atomic mass is 16.6. The van der Waals surface area contributed by atoms with Crippen LogP contribution >= 0.6 is 0 Å². The SMILES string of the molecule is CCCCCCCCCCCCCCC(=O)N(CCCCNC(=O)O[C@H]1CC[C@@]2(C)C(=CC[C@H]3[C@@H]4CC[C@H]([C@H](C)CCCC(C)C)[C@@]4(C)CC[C@@H]32)C1)CC(=O)NCCCN. The minimum absolute atomic E-state index is 0.0489. The van der Waals surface area contributed by atoms with Gasteiger partial charge >= 0.3 is 6.09 Å². The van der Waals surface area contributed by atoms with Crippen LogP contribution in [-0.2, 0) is 14.3 Å². The lowest BCUT2D eigenvalue weighted by molar-refractivity contribution is -0.136. The molecule has 0 bridgehead atoms. The molecule has 4 aliphatic carbocycles. The Morgan fingerprint density at radius 1 is 0.783 bits per heavy atom. The van der Waals surface area contributed by atoms with E-state index in [-0.39, 0.29) is 36.0 Å². The van der Waals surface area contributed by atoms with Gasteiger partial charge in [-0.1, -0.05) is 143 Å². The standard InChI is InChI=1S/C52H94N4O4/c1-7-8-9-10-11-12-13-14-15-16-17-18-25-49(58)56(39-48(57)54-36-22-34-53)37-20-19-35-55-50(59)60-43-30-32-51(5)42(38-43)26-27-44-46-29-28-45(41(4)24-21-23-40(2)3)52(46,6)33-31-47(44)51/h26,40-41,43-47H,7-25,27-39,53H2,1-6H3,(H,54,57)(H,55,59)/t41-,43+,44+,45-,46+,47+,51+,52-/m1/s1. The first-order valence-corrected chi connectivity index (χ1v) is 25.8. The normalized spacial score (nSPS) is 27.7. The summed E-state index contributed by atoms with van der Waals surface area (Å²) in [7, 11) is 0. The zero-order valence-corrected chi connectivity index (χ0v) is 39.9. The predicted octanol–water partition coefficient (Wildman–Crippen LogP) is 12.3. The van der Waals surface area contributed by atoms with Crippen molar-refractivity contribution in [1.82, 2.24) is 15.5 Å². The zero-order chi connectivity index (χ0) is 43.4. The fourth-order valence-corrected chi connectivity index (χ4v) is 12.7. The largest absolute Gasteiger partial charge is 0.446 e. The van der Waals surface area contributed by atoms with E-state index in [1.54, 1.807) is 10.5 Å². The number of alkyl carbamates (subject to hydrolysis) is 1. The molecule has 0 aromatic carbocycles. The van der Waals surface area contributed by atoms with E-state index in [1.807, 2.05) is 0 Å². The Morgan fingerprint density at radius 3 is 2.15 bits per heavy atom. The van der Waals surface area contributed by atoms with Gasteiger partial charge in [-0.25, -0.2) is 4.79 Å². The molecule has 4 rings (SSSR count). The van der Waals surface area contributed by atoms with Crippen molar-refractivity contribution in [3.05, 3.63) is 11.6 Å². The molecule has 8 heteroatoms. The number of hydrogen-bond donors (Lipinski definition) is 3. The van der Waals surface area contributed by atoms with Gasteiger partial charge in [0.2, 0.25) is 11.8 Å². The van der Waals surface area contributed by atoms with Crippen LogP contribution in [0.15, 0.2) is 11.6 Å². The van der Waals surface area contributed by atoms with Crippen LogP contribution in [0.3, 0.4) is 0 Å². The summed E-state index contributed by atoms with van der Waals surface area (Å²) in [5.41, 5.74) is 7.89. The van der Waals surface area contributed by atoms with E-state index in [1.165, 1.54) is 116 Å². The smallest absolute Gasteiger partial charge is 0.407 e. The van der Waals surface area contributed by atoms with Crippen LogP contribution < -0.4 is 16.4 Å². The maximum Gasteiger partial charge on any atom is 0.407 e. The quantitative estimate of drug-likeness (QED) is 0.0513. The lowest BCUT2D eigenvalue weighted by atomic mass is 9.47. The van der Waals surface area contributed by atoms with Gasteiger partial charge in [0.15, 0.2) is 0 Å². The summed E-state index contributed by atoms with van der Waals surface area (Å²) in [4.78, 5) is 40.7.